The van der Waals surface area contributed by atoms with E-state index >= 15 is 0 Å². The van der Waals surface area contributed by atoms with E-state index in [0.29, 0.717) is 12.0 Å². The van der Waals surface area contributed by atoms with E-state index in [1.807, 2.05) is 6.07 Å². The molecule has 0 bridgehead atoms. The predicted octanol–water partition coefficient (Wildman–Crippen LogP) is 4.16. The molecule has 1 rings (SSSR count). The molecule has 2 atom stereocenters. The lowest BCUT2D eigenvalue weighted by atomic mass is 10.0. The maximum Gasteiger partial charge on any atom is 0.0931 e. The van der Waals surface area contributed by atoms with E-state index in [0.717, 1.165) is 23.8 Å². The van der Waals surface area contributed by atoms with Crippen molar-refractivity contribution in [2.45, 2.75) is 46.2 Å². The van der Waals surface area contributed by atoms with Crippen LogP contribution in [0, 0.1) is 5.92 Å². The van der Waals surface area contributed by atoms with Gasteiger partial charge < -0.3 is 5.73 Å². The Bertz CT molecular complexity index is 351. The first-order valence-corrected chi connectivity index (χ1v) is 7.93. The van der Waals surface area contributed by atoms with Gasteiger partial charge in [0.05, 0.1) is 10.4 Å². The fraction of sp³-hybridized carbons (Fsp3) is 0.714. The molecule has 0 radical (unpaired) electrons. The molecule has 0 aromatic carbocycles. The highest BCUT2D eigenvalue weighted by molar-refractivity contribution is 7.16. The molecule has 0 aliphatic carbocycles. The number of nitrogens with zero attached hydrogens (tertiary/aromatic N) is 1. The summed E-state index contributed by atoms with van der Waals surface area (Å²) in [5, 5.41) is 0. The van der Waals surface area contributed by atoms with Gasteiger partial charge in [-0.3, -0.25) is 4.90 Å². The Hall–Kier alpha value is -0.0900. The lowest BCUT2D eigenvalue weighted by Gasteiger charge is -2.35. The van der Waals surface area contributed by atoms with E-state index < -0.39 is 0 Å². The van der Waals surface area contributed by atoms with Crippen molar-refractivity contribution in [2.75, 3.05) is 13.1 Å². The molecule has 1 heterocycles. The third-order valence-corrected chi connectivity index (χ3v) is 4.46. The molecule has 18 heavy (non-hydrogen) atoms. The van der Waals surface area contributed by atoms with Gasteiger partial charge in [0.25, 0.3) is 0 Å². The summed E-state index contributed by atoms with van der Waals surface area (Å²) in [5.74, 6) is 0.645. The van der Waals surface area contributed by atoms with Gasteiger partial charge in [-0.2, -0.15) is 0 Å². The predicted molar refractivity (Wildman–Crippen MR) is 82.4 cm³/mol. The van der Waals surface area contributed by atoms with Gasteiger partial charge in [0.1, 0.15) is 0 Å². The standard InChI is InChI=1S/C14H25ClN2S/c1-5-11(16)14(12-7-8-13(15)18-12)17(6-2)9-10(3)4/h7-8,10-11,14H,5-6,9,16H2,1-4H3. The van der Waals surface area contributed by atoms with Crippen LogP contribution in [0.4, 0.5) is 0 Å². The number of hydrogen-bond acceptors (Lipinski definition) is 3. The van der Waals surface area contributed by atoms with Gasteiger partial charge in [-0.05, 0) is 31.0 Å². The van der Waals surface area contributed by atoms with E-state index in [1.54, 1.807) is 11.3 Å². The van der Waals surface area contributed by atoms with Crippen molar-refractivity contribution in [3.8, 4) is 0 Å². The molecule has 4 heteroatoms. The summed E-state index contributed by atoms with van der Waals surface area (Å²) in [6, 6.07) is 4.55. The van der Waals surface area contributed by atoms with E-state index in [9.17, 15) is 0 Å². The minimum Gasteiger partial charge on any atom is -0.326 e. The molecule has 1 aromatic rings. The number of hydrogen-bond donors (Lipinski definition) is 1. The molecule has 0 saturated carbocycles. The fourth-order valence-corrected chi connectivity index (χ4v) is 3.55. The average molecular weight is 289 g/mol. The maximum absolute atomic E-state index is 6.33. The van der Waals surface area contributed by atoms with E-state index in [-0.39, 0.29) is 6.04 Å². The molecule has 0 spiro atoms. The monoisotopic (exact) mass is 288 g/mol. The third kappa shape index (κ3) is 4.23. The first-order chi connectivity index (χ1) is 8.49. The topological polar surface area (TPSA) is 29.3 Å². The van der Waals surface area contributed by atoms with Crippen LogP contribution in [0.15, 0.2) is 12.1 Å². The van der Waals surface area contributed by atoms with Gasteiger partial charge in [0, 0.05) is 17.5 Å². The molecule has 2 nitrogen and oxygen atoms in total. The quantitative estimate of drug-likeness (QED) is 0.816. The number of rotatable bonds is 7. The van der Waals surface area contributed by atoms with Crippen LogP contribution in [-0.2, 0) is 0 Å². The Labute approximate surface area is 120 Å². The lowest BCUT2D eigenvalue weighted by molar-refractivity contribution is 0.162. The minimum atomic E-state index is 0.165. The summed E-state index contributed by atoms with van der Waals surface area (Å²) in [4.78, 5) is 3.76. The Morgan fingerprint density at radius 2 is 2.00 bits per heavy atom. The summed E-state index contributed by atoms with van der Waals surface area (Å²) in [6.45, 7) is 10.9. The summed E-state index contributed by atoms with van der Waals surface area (Å²) < 4.78 is 0.846. The number of halogens is 1. The summed E-state index contributed by atoms with van der Waals surface area (Å²) >= 11 is 7.72. The molecule has 0 fully saturated rings. The fourth-order valence-electron chi connectivity index (χ4n) is 2.28. The van der Waals surface area contributed by atoms with Gasteiger partial charge in [0.15, 0.2) is 0 Å². The smallest absolute Gasteiger partial charge is 0.0931 e. The molecule has 1 aromatic heterocycles. The Balaban J connectivity index is 2.96. The molecule has 104 valence electrons. The minimum absolute atomic E-state index is 0.165. The van der Waals surface area contributed by atoms with Crippen LogP contribution in [0.2, 0.25) is 4.34 Å². The van der Waals surface area contributed by atoms with Crippen molar-refractivity contribution in [1.82, 2.24) is 4.90 Å². The molecule has 0 saturated heterocycles. The van der Waals surface area contributed by atoms with E-state index in [4.69, 9.17) is 17.3 Å². The molecule has 2 N–H and O–H groups in total. The zero-order valence-electron chi connectivity index (χ0n) is 11.8. The Morgan fingerprint density at radius 3 is 2.39 bits per heavy atom. The van der Waals surface area contributed by atoms with Crippen LogP contribution in [0.3, 0.4) is 0 Å². The second kappa shape index (κ2) is 7.49. The number of nitrogens with two attached hydrogens (primary N) is 1. The summed E-state index contributed by atoms with van der Waals surface area (Å²) in [6.07, 6.45) is 0.981. The van der Waals surface area contributed by atoms with Gasteiger partial charge in [-0.15, -0.1) is 11.3 Å². The highest BCUT2D eigenvalue weighted by Crippen LogP contribution is 2.33. The average Bonchev–Trinajstić information content (AvgIpc) is 2.73. The third-order valence-electron chi connectivity index (χ3n) is 3.16. The van der Waals surface area contributed by atoms with Crippen LogP contribution in [0.1, 0.15) is 45.0 Å². The van der Waals surface area contributed by atoms with Gasteiger partial charge in [-0.25, -0.2) is 0 Å². The van der Waals surface area contributed by atoms with Crippen molar-refractivity contribution >= 4 is 22.9 Å². The normalized spacial score (nSPS) is 15.3. The molecule has 2 unspecified atom stereocenters. The first-order valence-electron chi connectivity index (χ1n) is 6.74. The lowest BCUT2D eigenvalue weighted by Crippen LogP contribution is -2.42. The first kappa shape index (κ1) is 16.0. The van der Waals surface area contributed by atoms with Gasteiger partial charge in [0.2, 0.25) is 0 Å². The van der Waals surface area contributed by atoms with Crippen LogP contribution in [0.5, 0.6) is 0 Å². The van der Waals surface area contributed by atoms with Gasteiger partial charge >= 0.3 is 0 Å². The Morgan fingerprint density at radius 1 is 1.33 bits per heavy atom. The second-order valence-corrected chi connectivity index (χ2v) is 6.89. The largest absolute Gasteiger partial charge is 0.326 e. The Kier molecular flexibility index (Phi) is 6.64. The van der Waals surface area contributed by atoms with Crippen molar-refractivity contribution in [3.05, 3.63) is 21.3 Å². The molecular weight excluding hydrogens is 264 g/mol. The van der Waals surface area contributed by atoms with E-state index in [2.05, 4.69) is 38.7 Å². The number of thiophene rings is 1. The van der Waals surface area contributed by atoms with Crippen LogP contribution in [0.25, 0.3) is 0 Å². The molecule has 0 amide bonds. The van der Waals surface area contributed by atoms with Crippen LogP contribution in [-0.4, -0.2) is 24.0 Å². The summed E-state index contributed by atoms with van der Waals surface area (Å²) in [7, 11) is 0. The van der Waals surface area contributed by atoms with Crippen molar-refractivity contribution in [2.24, 2.45) is 11.7 Å². The highest BCUT2D eigenvalue weighted by atomic mass is 35.5. The van der Waals surface area contributed by atoms with Crippen LogP contribution >= 0.6 is 22.9 Å². The maximum atomic E-state index is 6.33. The molecular formula is C14H25ClN2S. The molecule has 0 aliphatic heterocycles. The zero-order valence-corrected chi connectivity index (χ0v) is 13.4. The highest BCUT2D eigenvalue weighted by Gasteiger charge is 2.26. The van der Waals surface area contributed by atoms with E-state index in [1.165, 1.54) is 4.88 Å². The SMILES string of the molecule is CCC(N)C(c1ccc(Cl)s1)N(CC)CC(C)C. The number of likely N-dealkylation sites (N-methyl/N-ethyl adjacent to an activating group) is 1. The van der Waals surface area contributed by atoms with Crippen molar-refractivity contribution in [1.29, 1.82) is 0 Å². The second-order valence-electron chi connectivity index (χ2n) is 5.14. The van der Waals surface area contributed by atoms with Crippen molar-refractivity contribution < 1.29 is 0 Å². The summed E-state index contributed by atoms with van der Waals surface area (Å²) in [5.41, 5.74) is 6.33. The molecule has 0 aliphatic rings. The zero-order chi connectivity index (χ0) is 13.7. The van der Waals surface area contributed by atoms with Gasteiger partial charge in [-0.1, -0.05) is 39.3 Å². The van der Waals surface area contributed by atoms with Crippen molar-refractivity contribution in [3.63, 3.8) is 0 Å². The van der Waals surface area contributed by atoms with Crippen LogP contribution < -0.4 is 5.73 Å².